The van der Waals surface area contributed by atoms with Crippen molar-refractivity contribution in [1.29, 1.82) is 0 Å². The predicted molar refractivity (Wildman–Crippen MR) is 80.0 cm³/mol. The van der Waals surface area contributed by atoms with Crippen LogP contribution in [0.3, 0.4) is 0 Å². The first-order valence-electron chi connectivity index (χ1n) is 6.68. The van der Waals surface area contributed by atoms with Gasteiger partial charge in [0.1, 0.15) is 11.4 Å². The van der Waals surface area contributed by atoms with Crippen LogP contribution in [0.15, 0.2) is 24.4 Å². The number of hydrogen-bond acceptors (Lipinski definition) is 4. The second-order valence-corrected chi connectivity index (χ2v) is 5.90. The maximum Gasteiger partial charge on any atom is 0.141 e. The lowest BCUT2D eigenvalue weighted by molar-refractivity contribution is 0.416. The van der Waals surface area contributed by atoms with Crippen molar-refractivity contribution < 1.29 is 4.74 Å². The number of hydrogen-bond donors (Lipinski definition) is 1. The van der Waals surface area contributed by atoms with E-state index < -0.39 is 0 Å². The molecular weight excluding hydrogens is 252 g/mol. The molecule has 0 aliphatic heterocycles. The normalized spacial score (nSPS) is 11.4. The van der Waals surface area contributed by atoms with Gasteiger partial charge >= 0.3 is 0 Å². The van der Waals surface area contributed by atoms with E-state index in [0.717, 1.165) is 17.1 Å². The van der Waals surface area contributed by atoms with E-state index in [0.29, 0.717) is 6.54 Å². The highest BCUT2D eigenvalue weighted by molar-refractivity contribution is 5.59. The Morgan fingerprint density at radius 3 is 2.60 bits per heavy atom. The number of aromatic nitrogens is 3. The first kappa shape index (κ1) is 14.4. The molecule has 5 heteroatoms. The average Bonchev–Trinajstić information content (AvgIpc) is 2.80. The highest BCUT2D eigenvalue weighted by atomic mass is 16.5. The lowest BCUT2D eigenvalue weighted by atomic mass is 9.87. The first-order valence-corrected chi connectivity index (χ1v) is 6.68. The van der Waals surface area contributed by atoms with Gasteiger partial charge in [-0.3, -0.25) is 4.68 Å². The molecule has 0 spiro atoms. The minimum Gasteiger partial charge on any atom is -0.495 e. The molecule has 108 valence electrons. The molecule has 0 amide bonds. The predicted octanol–water partition coefficient (Wildman–Crippen LogP) is 2.73. The van der Waals surface area contributed by atoms with E-state index in [9.17, 15) is 0 Å². The van der Waals surface area contributed by atoms with Crippen molar-refractivity contribution in [2.45, 2.75) is 32.7 Å². The van der Waals surface area contributed by atoms with Crippen molar-refractivity contribution >= 4 is 5.69 Å². The molecule has 0 aliphatic carbocycles. The quantitative estimate of drug-likeness (QED) is 0.931. The molecule has 0 aliphatic rings. The number of benzene rings is 1. The van der Waals surface area contributed by atoms with Crippen LogP contribution >= 0.6 is 0 Å². The number of anilines is 1. The Hall–Kier alpha value is -2.04. The molecule has 1 aromatic carbocycles. The maximum absolute atomic E-state index is 5.40. The van der Waals surface area contributed by atoms with Gasteiger partial charge in [0.25, 0.3) is 0 Å². The lowest BCUT2D eigenvalue weighted by Gasteiger charge is -2.21. The SMILES string of the molecule is COc1ccc(C(C)(C)C)cc1NCc1cn(C)nn1. The van der Waals surface area contributed by atoms with E-state index in [1.54, 1.807) is 11.8 Å². The van der Waals surface area contributed by atoms with Gasteiger partial charge in [0.05, 0.1) is 19.3 Å². The van der Waals surface area contributed by atoms with Crippen molar-refractivity contribution in [2.75, 3.05) is 12.4 Å². The van der Waals surface area contributed by atoms with Crippen molar-refractivity contribution in [3.05, 3.63) is 35.7 Å². The van der Waals surface area contributed by atoms with Gasteiger partial charge in [-0.1, -0.05) is 32.1 Å². The van der Waals surface area contributed by atoms with Gasteiger partial charge in [0.2, 0.25) is 0 Å². The molecule has 1 N–H and O–H groups in total. The average molecular weight is 274 g/mol. The number of aryl methyl sites for hydroxylation is 1. The van der Waals surface area contributed by atoms with Crippen molar-refractivity contribution in [2.24, 2.45) is 7.05 Å². The molecule has 20 heavy (non-hydrogen) atoms. The Morgan fingerprint density at radius 2 is 2.05 bits per heavy atom. The number of nitrogens with zero attached hydrogens (tertiary/aromatic N) is 3. The maximum atomic E-state index is 5.40. The molecule has 2 aromatic rings. The fraction of sp³-hybridized carbons (Fsp3) is 0.467. The van der Waals surface area contributed by atoms with Crippen LogP contribution in [-0.4, -0.2) is 22.1 Å². The molecule has 0 radical (unpaired) electrons. The summed E-state index contributed by atoms with van der Waals surface area (Å²) in [6.45, 7) is 7.21. The topological polar surface area (TPSA) is 52.0 Å². The minimum atomic E-state index is 0.106. The fourth-order valence-corrected chi connectivity index (χ4v) is 1.97. The molecule has 0 atom stereocenters. The summed E-state index contributed by atoms with van der Waals surface area (Å²) < 4.78 is 7.10. The summed E-state index contributed by atoms with van der Waals surface area (Å²) in [5.74, 6) is 0.835. The van der Waals surface area contributed by atoms with E-state index in [-0.39, 0.29) is 5.41 Å². The van der Waals surface area contributed by atoms with Crippen LogP contribution in [0.1, 0.15) is 32.0 Å². The van der Waals surface area contributed by atoms with Crippen molar-refractivity contribution in [1.82, 2.24) is 15.0 Å². The summed E-state index contributed by atoms with van der Waals surface area (Å²) in [4.78, 5) is 0. The summed E-state index contributed by atoms with van der Waals surface area (Å²) >= 11 is 0. The number of ether oxygens (including phenoxy) is 1. The zero-order chi connectivity index (χ0) is 14.8. The van der Waals surface area contributed by atoms with Gasteiger partial charge in [-0.15, -0.1) is 5.10 Å². The number of methoxy groups -OCH3 is 1. The molecule has 0 bridgehead atoms. The van der Waals surface area contributed by atoms with Crippen LogP contribution in [-0.2, 0) is 19.0 Å². The molecular formula is C15H22N4O. The molecule has 0 saturated heterocycles. The zero-order valence-electron chi connectivity index (χ0n) is 12.8. The van der Waals surface area contributed by atoms with E-state index >= 15 is 0 Å². The van der Waals surface area contributed by atoms with Crippen LogP contribution < -0.4 is 10.1 Å². The summed E-state index contributed by atoms with van der Waals surface area (Å²) in [5.41, 5.74) is 3.25. The van der Waals surface area contributed by atoms with Gasteiger partial charge in [0.15, 0.2) is 0 Å². The second kappa shape index (κ2) is 5.53. The summed E-state index contributed by atoms with van der Waals surface area (Å²) in [6, 6.07) is 6.24. The molecule has 0 saturated carbocycles. The molecule has 5 nitrogen and oxygen atoms in total. The number of nitrogens with one attached hydrogen (secondary N) is 1. The smallest absolute Gasteiger partial charge is 0.141 e. The molecule has 0 fully saturated rings. The fourth-order valence-electron chi connectivity index (χ4n) is 1.97. The third-order valence-corrected chi connectivity index (χ3v) is 3.18. The summed E-state index contributed by atoms with van der Waals surface area (Å²) in [6.07, 6.45) is 1.90. The van der Waals surface area contributed by atoms with Crippen molar-refractivity contribution in [3.63, 3.8) is 0 Å². The third kappa shape index (κ3) is 3.29. The zero-order valence-corrected chi connectivity index (χ0v) is 12.8. The van der Waals surface area contributed by atoms with Crippen molar-refractivity contribution in [3.8, 4) is 5.75 Å². The summed E-state index contributed by atoms with van der Waals surface area (Å²) in [5, 5.41) is 11.4. The first-order chi connectivity index (χ1) is 9.40. The molecule has 2 rings (SSSR count). The largest absolute Gasteiger partial charge is 0.495 e. The van der Waals surface area contributed by atoms with Crippen LogP contribution in [0.4, 0.5) is 5.69 Å². The lowest BCUT2D eigenvalue weighted by Crippen LogP contribution is -2.12. The van der Waals surface area contributed by atoms with E-state index in [4.69, 9.17) is 4.74 Å². The van der Waals surface area contributed by atoms with Gasteiger partial charge < -0.3 is 10.1 Å². The van der Waals surface area contributed by atoms with E-state index in [2.05, 4.69) is 48.5 Å². The summed E-state index contributed by atoms with van der Waals surface area (Å²) in [7, 11) is 3.54. The van der Waals surface area contributed by atoms with E-state index in [1.807, 2.05) is 19.3 Å². The standard InChI is InChI=1S/C15H22N4O/c1-15(2,3)11-6-7-14(20-5)13(8-11)16-9-12-10-19(4)18-17-12/h6-8,10,16H,9H2,1-5H3. The Kier molecular flexibility index (Phi) is 3.97. The van der Waals surface area contributed by atoms with Crippen LogP contribution in [0.5, 0.6) is 5.75 Å². The van der Waals surface area contributed by atoms with Crippen LogP contribution in [0.2, 0.25) is 0 Å². The van der Waals surface area contributed by atoms with Gasteiger partial charge in [-0.25, -0.2) is 0 Å². The third-order valence-electron chi connectivity index (χ3n) is 3.18. The van der Waals surface area contributed by atoms with Crippen LogP contribution in [0, 0.1) is 0 Å². The van der Waals surface area contributed by atoms with Gasteiger partial charge in [0, 0.05) is 13.2 Å². The number of rotatable bonds is 4. The van der Waals surface area contributed by atoms with E-state index in [1.165, 1.54) is 5.56 Å². The Labute approximate surface area is 120 Å². The molecule has 1 heterocycles. The Balaban J connectivity index is 2.20. The Morgan fingerprint density at radius 1 is 1.30 bits per heavy atom. The second-order valence-electron chi connectivity index (χ2n) is 5.90. The van der Waals surface area contributed by atoms with Gasteiger partial charge in [-0.05, 0) is 23.1 Å². The highest BCUT2D eigenvalue weighted by Gasteiger charge is 2.16. The van der Waals surface area contributed by atoms with Gasteiger partial charge in [-0.2, -0.15) is 0 Å². The molecule has 0 unspecified atom stereocenters. The molecule has 1 aromatic heterocycles. The highest BCUT2D eigenvalue weighted by Crippen LogP contribution is 2.31. The Bertz CT molecular complexity index is 584. The minimum absolute atomic E-state index is 0.106. The van der Waals surface area contributed by atoms with Crippen LogP contribution in [0.25, 0.3) is 0 Å². The monoisotopic (exact) mass is 274 g/mol.